The van der Waals surface area contributed by atoms with E-state index in [1.54, 1.807) is 12.2 Å². The van der Waals surface area contributed by atoms with Gasteiger partial charge in [-0.25, -0.2) is 0 Å². The molecule has 120 valence electrons. The Bertz CT molecular complexity index is 623. The van der Waals surface area contributed by atoms with Crippen molar-refractivity contribution in [2.24, 2.45) is 5.11 Å². The van der Waals surface area contributed by atoms with Crippen molar-refractivity contribution < 1.29 is 14.3 Å². The number of nitrogens with zero attached hydrogens (tertiary/aromatic N) is 3. The number of hydrogen-bond acceptors (Lipinski definition) is 4. The van der Waals surface area contributed by atoms with Gasteiger partial charge in [0, 0.05) is 11.3 Å². The van der Waals surface area contributed by atoms with Gasteiger partial charge < -0.3 is 10.1 Å². The molecule has 1 aromatic rings. The minimum absolute atomic E-state index is 0.00422. The molecule has 0 saturated heterocycles. The minimum Gasteiger partial charge on any atom is -0.463 e. The first-order valence-corrected chi connectivity index (χ1v) is 7.41. The number of benzene rings is 1. The molecule has 23 heavy (non-hydrogen) atoms. The van der Waals surface area contributed by atoms with Crippen molar-refractivity contribution in [3.63, 3.8) is 0 Å². The molecule has 1 aliphatic heterocycles. The molecule has 2 atom stereocenters. The summed E-state index contributed by atoms with van der Waals surface area (Å²) < 4.78 is 5.24. The predicted octanol–water partition coefficient (Wildman–Crippen LogP) is 2.81. The summed E-state index contributed by atoms with van der Waals surface area (Å²) in [7, 11) is 0. The van der Waals surface area contributed by atoms with E-state index in [9.17, 15) is 9.59 Å². The highest BCUT2D eigenvalue weighted by Crippen LogP contribution is 2.15. The number of carbonyl (C=O) groups is 2. The van der Waals surface area contributed by atoms with E-state index in [2.05, 4.69) is 15.3 Å². The molecular formula is C16H18N4O3. The Balaban J connectivity index is 2.18. The maximum atomic E-state index is 12.0. The largest absolute Gasteiger partial charge is 0.463 e. The number of allylic oxidation sites excluding steroid dienone is 1. The first-order chi connectivity index (χ1) is 11.2. The number of cyclic esters (lactones) is 1. The number of rotatable bonds is 2. The topological polar surface area (TPSA) is 104 Å². The van der Waals surface area contributed by atoms with Crippen molar-refractivity contribution in [1.82, 2.24) is 5.32 Å². The molecule has 1 heterocycles. The predicted molar refractivity (Wildman–Crippen MR) is 84.2 cm³/mol. The molecule has 2 rings (SSSR count). The molecule has 0 fully saturated rings. The molecule has 1 amide bonds. The van der Waals surface area contributed by atoms with Crippen LogP contribution >= 0.6 is 0 Å². The van der Waals surface area contributed by atoms with Gasteiger partial charge in [0.2, 0.25) is 5.91 Å². The van der Waals surface area contributed by atoms with Gasteiger partial charge in [-0.1, -0.05) is 47.6 Å². The third-order valence-electron chi connectivity index (χ3n) is 3.46. The van der Waals surface area contributed by atoms with Crippen LogP contribution in [0.15, 0.2) is 47.6 Å². The van der Waals surface area contributed by atoms with Gasteiger partial charge in [0.25, 0.3) is 0 Å². The molecule has 0 radical (unpaired) electrons. The van der Waals surface area contributed by atoms with E-state index >= 15 is 0 Å². The Morgan fingerprint density at radius 2 is 2.00 bits per heavy atom. The van der Waals surface area contributed by atoms with Gasteiger partial charge in [0.15, 0.2) is 0 Å². The smallest absolute Gasteiger partial charge is 0.315 e. The highest BCUT2D eigenvalue weighted by atomic mass is 16.5. The summed E-state index contributed by atoms with van der Waals surface area (Å²) in [6, 6.07) is 7.97. The monoisotopic (exact) mass is 314 g/mol. The Morgan fingerprint density at radius 3 is 2.74 bits per heavy atom. The SMILES string of the molecule is [N-]=[N+]=N[C@@H]1CC=CCCC(=O)N[C@H](c2ccccc2)COC1=O. The second-order valence-electron chi connectivity index (χ2n) is 5.13. The van der Waals surface area contributed by atoms with Crippen molar-refractivity contribution in [3.8, 4) is 0 Å². The maximum Gasteiger partial charge on any atom is 0.315 e. The lowest BCUT2D eigenvalue weighted by atomic mass is 10.1. The van der Waals surface area contributed by atoms with Gasteiger partial charge in [-0.15, -0.1) is 0 Å². The molecule has 0 aliphatic carbocycles. The summed E-state index contributed by atoms with van der Waals surface area (Å²) in [5.74, 6) is -0.699. The zero-order valence-corrected chi connectivity index (χ0v) is 12.6. The Hall–Kier alpha value is -2.79. The number of amides is 1. The van der Waals surface area contributed by atoms with Crippen LogP contribution in [0, 0.1) is 0 Å². The van der Waals surface area contributed by atoms with Crippen LogP contribution in [0.3, 0.4) is 0 Å². The van der Waals surface area contributed by atoms with Gasteiger partial charge in [0.05, 0.1) is 6.04 Å². The van der Waals surface area contributed by atoms with Crippen LogP contribution < -0.4 is 5.32 Å². The van der Waals surface area contributed by atoms with Crippen molar-refractivity contribution in [1.29, 1.82) is 0 Å². The van der Waals surface area contributed by atoms with E-state index in [0.717, 1.165) is 5.56 Å². The molecule has 0 aromatic heterocycles. The van der Waals surface area contributed by atoms with Crippen molar-refractivity contribution in [2.45, 2.75) is 31.3 Å². The highest BCUT2D eigenvalue weighted by molar-refractivity contribution is 5.77. The number of ether oxygens (including phenoxy) is 1. The molecule has 0 spiro atoms. The molecule has 0 unspecified atom stereocenters. The number of nitrogens with one attached hydrogen (secondary N) is 1. The van der Waals surface area contributed by atoms with Crippen LogP contribution in [0.1, 0.15) is 30.9 Å². The molecule has 0 bridgehead atoms. The Kier molecular flexibility index (Phi) is 6.20. The maximum absolute atomic E-state index is 12.0. The molecule has 1 aromatic carbocycles. The molecule has 1 aliphatic rings. The second kappa shape index (κ2) is 8.60. The van der Waals surface area contributed by atoms with Crippen molar-refractivity contribution in [3.05, 3.63) is 58.5 Å². The summed E-state index contributed by atoms with van der Waals surface area (Å²) in [5.41, 5.74) is 9.41. The molecule has 0 saturated carbocycles. The molecule has 7 nitrogen and oxygen atoms in total. The fourth-order valence-corrected chi connectivity index (χ4v) is 2.24. The average molecular weight is 314 g/mol. The summed E-state index contributed by atoms with van der Waals surface area (Å²) in [6.45, 7) is -0.00422. The zero-order valence-electron chi connectivity index (χ0n) is 12.6. The number of esters is 1. The number of carbonyl (C=O) groups excluding carboxylic acids is 2. The molecule has 1 N–H and O–H groups in total. The van der Waals surface area contributed by atoms with Gasteiger partial charge in [0.1, 0.15) is 12.6 Å². The van der Waals surface area contributed by atoms with E-state index in [4.69, 9.17) is 10.3 Å². The number of azide groups is 1. The Labute approximate surface area is 134 Å². The van der Waals surface area contributed by atoms with E-state index in [0.29, 0.717) is 12.8 Å². The van der Waals surface area contributed by atoms with Crippen LogP contribution in [0.4, 0.5) is 0 Å². The van der Waals surface area contributed by atoms with Crippen LogP contribution in [0.5, 0.6) is 0 Å². The summed E-state index contributed by atoms with van der Waals surface area (Å²) in [5, 5.41) is 6.34. The molecule has 7 heteroatoms. The minimum atomic E-state index is -0.886. The van der Waals surface area contributed by atoms with E-state index < -0.39 is 18.1 Å². The van der Waals surface area contributed by atoms with E-state index in [-0.39, 0.29) is 18.9 Å². The first kappa shape index (κ1) is 16.6. The Morgan fingerprint density at radius 1 is 1.22 bits per heavy atom. The summed E-state index contributed by atoms with van der Waals surface area (Å²) in [6.07, 6.45) is 4.70. The lowest BCUT2D eigenvalue weighted by Crippen LogP contribution is -2.33. The average Bonchev–Trinajstić information content (AvgIpc) is 2.56. The van der Waals surface area contributed by atoms with E-state index in [1.165, 1.54) is 0 Å². The summed E-state index contributed by atoms with van der Waals surface area (Å²) in [4.78, 5) is 26.7. The molecular weight excluding hydrogens is 296 g/mol. The van der Waals surface area contributed by atoms with Crippen molar-refractivity contribution in [2.75, 3.05) is 6.61 Å². The quantitative estimate of drug-likeness (QED) is 0.298. The van der Waals surface area contributed by atoms with Crippen LogP contribution in [-0.4, -0.2) is 24.5 Å². The van der Waals surface area contributed by atoms with Crippen LogP contribution in [0.25, 0.3) is 10.4 Å². The lowest BCUT2D eigenvalue weighted by Gasteiger charge is -2.20. The fraction of sp³-hybridized carbons (Fsp3) is 0.375. The fourth-order valence-electron chi connectivity index (χ4n) is 2.24. The third-order valence-corrected chi connectivity index (χ3v) is 3.46. The highest BCUT2D eigenvalue weighted by Gasteiger charge is 2.21. The van der Waals surface area contributed by atoms with Crippen LogP contribution in [-0.2, 0) is 14.3 Å². The zero-order chi connectivity index (χ0) is 16.5. The van der Waals surface area contributed by atoms with Gasteiger partial charge in [-0.2, -0.15) is 0 Å². The van der Waals surface area contributed by atoms with Crippen molar-refractivity contribution >= 4 is 11.9 Å². The van der Waals surface area contributed by atoms with Gasteiger partial charge in [-0.05, 0) is 23.9 Å². The summed E-state index contributed by atoms with van der Waals surface area (Å²) >= 11 is 0. The number of hydrogen-bond donors (Lipinski definition) is 1. The van der Waals surface area contributed by atoms with Gasteiger partial charge >= 0.3 is 5.97 Å². The van der Waals surface area contributed by atoms with E-state index in [1.807, 2.05) is 30.3 Å². The lowest BCUT2D eigenvalue weighted by molar-refractivity contribution is -0.146. The first-order valence-electron chi connectivity index (χ1n) is 7.41. The second-order valence-corrected chi connectivity index (χ2v) is 5.13. The van der Waals surface area contributed by atoms with Gasteiger partial charge in [-0.3, -0.25) is 9.59 Å². The standard InChI is InChI=1S/C16H18N4O3/c17-20-19-13-9-5-2-6-10-15(21)18-14(11-23-16(13)22)12-7-3-1-4-8-12/h1-5,7-8,13-14H,6,9-11H2,(H,18,21)/t13-,14+/m1/s1. The normalized spacial score (nSPS) is 22.8. The third kappa shape index (κ3) is 5.16. The van der Waals surface area contributed by atoms with Crippen LogP contribution in [0.2, 0.25) is 0 Å².